The molecule has 0 spiro atoms. The molecule has 2 fully saturated rings. The van der Waals surface area contributed by atoms with Gasteiger partial charge in [-0.25, -0.2) is 13.4 Å². The lowest BCUT2D eigenvalue weighted by atomic mass is 10.1. The third kappa shape index (κ3) is 6.03. The number of rotatable bonds is 5. The quantitative estimate of drug-likeness (QED) is 0.460. The van der Waals surface area contributed by atoms with E-state index in [1.807, 2.05) is 18.7 Å². The zero-order valence-corrected chi connectivity index (χ0v) is 15.9. The Bertz CT molecular complexity index is 546. The molecule has 2 aliphatic heterocycles. The van der Waals surface area contributed by atoms with Gasteiger partial charge in [-0.3, -0.25) is 0 Å². The summed E-state index contributed by atoms with van der Waals surface area (Å²) < 4.78 is 23.2. The van der Waals surface area contributed by atoms with Gasteiger partial charge in [0.25, 0.3) is 0 Å². The number of hydrogen-bond donors (Lipinski definition) is 1. The topological polar surface area (TPSA) is 61.8 Å². The van der Waals surface area contributed by atoms with Crippen LogP contribution in [0.3, 0.4) is 0 Å². The molecule has 0 aromatic heterocycles. The van der Waals surface area contributed by atoms with Gasteiger partial charge in [-0.2, -0.15) is 11.8 Å². The first-order valence-corrected chi connectivity index (χ1v) is 11.3. The van der Waals surface area contributed by atoms with Gasteiger partial charge in [0.05, 0.1) is 18.1 Å². The molecular weight excluding hydrogens is 330 g/mol. The fraction of sp³-hybridized carbons (Fsp3) is 0.812. The molecule has 0 radical (unpaired) electrons. The van der Waals surface area contributed by atoms with Gasteiger partial charge in [0.2, 0.25) is 0 Å². The average Bonchev–Trinajstić information content (AvgIpc) is 2.86. The van der Waals surface area contributed by atoms with Crippen LogP contribution in [-0.4, -0.2) is 68.0 Å². The number of thioether (sulfide) groups is 1. The Morgan fingerprint density at radius 2 is 2.26 bits per heavy atom. The van der Waals surface area contributed by atoms with Crippen LogP contribution in [0.4, 0.5) is 0 Å². The summed E-state index contributed by atoms with van der Waals surface area (Å²) in [5.74, 6) is 2.87. The van der Waals surface area contributed by atoms with Gasteiger partial charge in [-0.1, -0.05) is 19.1 Å². The number of hydrogen-bond acceptors (Lipinski definition) is 4. The number of sulfone groups is 1. The van der Waals surface area contributed by atoms with Crippen molar-refractivity contribution < 1.29 is 8.42 Å². The standard InChI is InChI=1S/C16H29N3O2S2/c1-4-15-11-19(6-7-22-15)16(17-9-13(2)3)18-10-14-5-8-23(20,21)12-14/h14-15H,2,4-12H2,1,3H3,(H,17,18). The van der Waals surface area contributed by atoms with Crippen LogP contribution >= 0.6 is 11.8 Å². The zero-order chi connectivity index (χ0) is 16.9. The van der Waals surface area contributed by atoms with E-state index in [0.29, 0.717) is 29.8 Å². The molecule has 0 aromatic carbocycles. The third-order valence-electron chi connectivity index (χ3n) is 4.27. The molecule has 0 amide bonds. The van der Waals surface area contributed by atoms with Crippen LogP contribution in [0, 0.1) is 5.92 Å². The van der Waals surface area contributed by atoms with Crippen molar-refractivity contribution in [1.82, 2.24) is 10.2 Å². The SMILES string of the molecule is C=C(C)CN=C(NCC1CCS(=O)(=O)C1)N1CCSC(CC)C1. The van der Waals surface area contributed by atoms with Crippen molar-refractivity contribution in [2.45, 2.75) is 31.9 Å². The van der Waals surface area contributed by atoms with Crippen molar-refractivity contribution in [3.8, 4) is 0 Å². The maximum atomic E-state index is 11.6. The van der Waals surface area contributed by atoms with Crippen LogP contribution in [-0.2, 0) is 9.84 Å². The van der Waals surface area contributed by atoms with Gasteiger partial charge >= 0.3 is 0 Å². The molecule has 0 bridgehead atoms. The van der Waals surface area contributed by atoms with Crippen molar-refractivity contribution in [3.05, 3.63) is 12.2 Å². The minimum atomic E-state index is -2.82. The minimum Gasteiger partial charge on any atom is -0.356 e. The third-order valence-corrected chi connectivity index (χ3v) is 7.48. The van der Waals surface area contributed by atoms with Crippen LogP contribution in [0.2, 0.25) is 0 Å². The van der Waals surface area contributed by atoms with Crippen LogP contribution in [0.5, 0.6) is 0 Å². The van der Waals surface area contributed by atoms with E-state index in [1.165, 1.54) is 0 Å². The Morgan fingerprint density at radius 3 is 2.87 bits per heavy atom. The Morgan fingerprint density at radius 1 is 1.48 bits per heavy atom. The lowest BCUT2D eigenvalue weighted by Crippen LogP contribution is -2.49. The van der Waals surface area contributed by atoms with Crippen molar-refractivity contribution in [1.29, 1.82) is 0 Å². The van der Waals surface area contributed by atoms with E-state index >= 15 is 0 Å². The van der Waals surface area contributed by atoms with Gasteiger partial charge in [-0.05, 0) is 25.7 Å². The molecule has 23 heavy (non-hydrogen) atoms. The lowest BCUT2D eigenvalue weighted by Gasteiger charge is -2.34. The van der Waals surface area contributed by atoms with Gasteiger partial charge in [0.15, 0.2) is 15.8 Å². The molecule has 2 heterocycles. The molecule has 2 rings (SSSR count). The second-order valence-corrected chi connectivity index (χ2v) is 10.2. The summed E-state index contributed by atoms with van der Waals surface area (Å²) in [6.07, 6.45) is 1.92. The van der Waals surface area contributed by atoms with E-state index in [0.717, 1.165) is 43.2 Å². The number of nitrogens with one attached hydrogen (secondary N) is 1. The fourth-order valence-electron chi connectivity index (χ4n) is 2.90. The summed E-state index contributed by atoms with van der Waals surface area (Å²) >= 11 is 2.03. The van der Waals surface area contributed by atoms with Crippen LogP contribution in [0.25, 0.3) is 0 Å². The van der Waals surface area contributed by atoms with Gasteiger partial charge in [-0.15, -0.1) is 0 Å². The number of nitrogens with zero attached hydrogens (tertiary/aromatic N) is 2. The molecule has 5 nitrogen and oxygen atoms in total. The minimum absolute atomic E-state index is 0.205. The van der Waals surface area contributed by atoms with E-state index in [1.54, 1.807) is 0 Å². The van der Waals surface area contributed by atoms with Gasteiger partial charge in [0.1, 0.15) is 0 Å². The highest BCUT2D eigenvalue weighted by Crippen LogP contribution is 2.22. The van der Waals surface area contributed by atoms with Crippen LogP contribution < -0.4 is 5.32 Å². The maximum absolute atomic E-state index is 11.6. The van der Waals surface area contributed by atoms with Gasteiger partial charge in [0, 0.05) is 30.6 Å². The summed E-state index contributed by atoms with van der Waals surface area (Å²) in [5, 5.41) is 4.08. The molecule has 1 N–H and O–H groups in total. The van der Waals surface area contributed by atoms with E-state index in [2.05, 4.69) is 28.7 Å². The molecule has 2 saturated heterocycles. The summed E-state index contributed by atoms with van der Waals surface area (Å²) in [5.41, 5.74) is 1.03. The summed E-state index contributed by atoms with van der Waals surface area (Å²) in [4.78, 5) is 7.00. The first kappa shape index (κ1) is 18.6. The normalized spacial score (nSPS) is 27.9. The van der Waals surface area contributed by atoms with Crippen LogP contribution in [0.15, 0.2) is 17.1 Å². The highest BCUT2D eigenvalue weighted by Gasteiger charge is 2.28. The maximum Gasteiger partial charge on any atom is 0.194 e. The predicted octanol–water partition coefficient (Wildman–Crippen LogP) is 1.77. The Labute approximate surface area is 144 Å². The Hall–Kier alpha value is -0.690. The van der Waals surface area contributed by atoms with E-state index in [9.17, 15) is 8.42 Å². The first-order valence-electron chi connectivity index (χ1n) is 8.39. The highest BCUT2D eigenvalue weighted by molar-refractivity contribution is 8.00. The van der Waals surface area contributed by atoms with Gasteiger partial charge < -0.3 is 10.2 Å². The number of aliphatic imine (C=N–C) groups is 1. The lowest BCUT2D eigenvalue weighted by molar-refractivity contribution is 0.402. The Balaban J connectivity index is 1.96. The molecule has 0 aliphatic carbocycles. The van der Waals surface area contributed by atoms with Crippen molar-refractivity contribution in [2.24, 2.45) is 10.9 Å². The van der Waals surface area contributed by atoms with Crippen molar-refractivity contribution >= 4 is 27.6 Å². The molecule has 2 aliphatic rings. The molecular formula is C16H29N3O2S2. The van der Waals surface area contributed by atoms with E-state index < -0.39 is 9.84 Å². The van der Waals surface area contributed by atoms with E-state index in [4.69, 9.17) is 0 Å². The summed E-state index contributed by atoms with van der Waals surface area (Å²) in [6.45, 7) is 11.4. The number of guanidine groups is 1. The highest BCUT2D eigenvalue weighted by atomic mass is 32.2. The fourth-order valence-corrected chi connectivity index (χ4v) is 5.95. The second-order valence-electron chi connectivity index (χ2n) is 6.59. The summed E-state index contributed by atoms with van der Waals surface area (Å²) in [6, 6.07) is 0. The zero-order valence-electron chi connectivity index (χ0n) is 14.3. The molecule has 0 aromatic rings. The average molecular weight is 360 g/mol. The monoisotopic (exact) mass is 359 g/mol. The predicted molar refractivity (Wildman–Crippen MR) is 100.0 cm³/mol. The second kappa shape index (κ2) is 8.42. The van der Waals surface area contributed by atoms with Crippen molar-refractivity contribution in [2.75, 3.05) is 43.4 Å². The van der Waals surface area contributed by atoms with Crippen molar-refractivity contribution in [3.63, 3.8) is 0 Å². The Kier molecular flexibility index (Phi) is 6.83. The van der Waals surface area contributed by atoms with Crippen LogP contribution in [0.1, 0.15) is 26.7 Å². The van der Waals surface area contributed by atoms with E-state index in [-0.39, 0.29) is 5.92 Å². The largest absolute Gasteiger partial charge is 0.356 e. The smallest absolute Gasteiger partial charge is 0.194 e. The summed E-state index contributed by atoms with van der Waals surface area (Å²) in [7, 11) is -2.82. The molecule has 2 unspecified atom stereocenters. The molecule has 0 saturated carbocycles. The molecule has 2 atom stereocenters. The molecule has 132 valence electrons. The first-order chi connectivity index (χ1) is 10.9. The molecule has 7 heteroatoms.